The molecule has 18 heavy (non-hydrogen) atoms. The SMILES string of the molecule is CCOC(=O)[C@H](CCCO)NC(=O)OC(C)(C)C. The van der Waals surface area contributed by atoms with Crippen molar-refractivity contribution < 1.29 is 24.2 Å². The molecule has 0 aliphatic carbocycles. The van der Waals surface area contributed by atoms with Crippen molar-refractivity contribution in [2.24, 2.45) is 0 Å². The largest absolute Gasteiger partial charge is 0.464 e. The molecule has 1 amide bonds. The number of alkyl carbamates (subject to hydrolysis) is 1. The van der Waals surface area contributed by atoms with Gasteiger partial charge in [0.2, 0.25) is 0 Å². The molecule has 0 fully saturated rings. The Morgan fingerprint density at radius 2 is 1.94 bits per heavy atom. The van der Waals surface area contributed by atoms with Gasteiger partial charge in [-0.15, -0.1) is 0 Å². The Kier molecular flexibility index (Phi) is 7.35. The Balaban J connectivity index is 4.39. The van der Waals surface area contributed by atoms with Crippen molar-refractivity contribution in [3.63, 3.8) is 0 Å². The summed E-state index contributed by atoms with van der Waals surface area (Å²) in [5.41, 5.74) is -0.625. The molecule has 106 valence electrons. The summed E-state index contributed by atoms with van der Waals surface area (Å²) in [6.07, 6.45) is 0.0481. The number of carbonyl (C=O) groups is 2. The third-order valence-electron chi connectivity index (χ3n) is 1.91. The molecule has 1 atom stereocenters. The zero-order valence-corrected chi connectivity index (χ0v) is 11.5. The Labute approximate surface area is 108 Å². The minimum atomic E-state index is -0.785. The van der Waals surface area contributed by atoms with Crippen LogP contribution in [0.3, 0.4) is 0 Å². The molecule has 0 bridgehead atoms. The summed E-state index contributed by atoms with van der Waals surface area (Å²) in [6.45, 7) is 7.09. The van der Waals surface area contributed by atoms with Crippen LogP contribution < -0.4 is 5.32 Å². The molecule has 0 aromatic heterocycles. The molecule has 0 spiro atoms. The normalized spacial score (nSPS) is 12.7. The van der Waals surface area contributed by atoms with E-state index in [0.717, 1.165) is 0 Å². The van der Waals surface area contributed by atoms with Crippen LogP contribution in [0.2, 0.25) is 0 Å². The molecular formula is C12H23NO5. The van der Waals surface area contributed by atoms with Crippen molar-refractivity contribution in [3.8, 4) is 0 Å². The van der Waals surface area contributed by atoms with Crippen molar-refractivity contribution in [1.82, 2.24) is 5.32 Å². The van der Waals surface area contributed by atoms with E-state index in [0.29, 0.717) is 12.8 Å². The van der Waals surface area contributed by atoms with Crippen LogP contribution in [0.15, 0.2) is 0 Å². The number of aliphatic hydroxyl groups excluding tert-OH is 1. The molecule has 0 radical (unpaired) electrons. The van der Waals surface area contributed by atoms with Crippen molar-refractivity contribution in [2.45, 2.75) is 52.2 Å². The summed E-state index contributed by atoms with van der Waals surface area (Å²) in [5, 5.41) is 11.2. The number of hydrogen-bond donors (Lipinski definition) is 2. The second-order valence-corrected chi connectivity index (χ2v) is 4.82. The predicted molar refractivity (Wildman–Crippen MR) is 66.1 cm³/mol. The van der Waals surface area contributed by atoms with Gasteiger partial charge in [0.15, 0.2) is 0 Å². The summed E-state index contributed by atoms with van der Waals surface area (Å²) in [7, 11) is 0. The lowest BCUT2D eigenvalue weighted by Crippen LogP contribution is -2.44. The Hall–Kier alpha value is -1.30. The van der Waals surface area contributed by atoms with Gasteiger partial charge in [0, 0.05) is 6.61 Å². The lowest BCUT2D eigenvalue weighted by atomic mass is 10.1. The number of hydrogen-bond acceptors (Lipinski definition) is 5. The number of ether oxygens (including phenoxy) is 2. The van der Waals surface area contributed by atoms with Crippen molar-refractivity contribution in [2.75, 3.05) is 13.2 Å². The Bertz CT molecular complexity index is 272. The van der Waals surface area contributed by atoms with Crippen LogP contribution in [-0.4, -0.2) is 42.0 Å². The van der Waals surface area contributed by atoms with Gasteiger partial charge in [-0.3, -0.25) is 0 Å². The molecule has 0 saturated heterocycles. The van der Waals surface area contributed by atoms with Gasteiger partial charge in [0.05, 0.1) is 6.61 Å². The van der Waals surface area contributed by atoms with Crippen LogP contribution in [0.1, 0.15) is 40.5 Å². The average molecular weight is 261 g/mol. The van der Waals surface area contributed by atoms with Gasteiger partial charge in [-0.25, -0.2) is 9.59 Å². The molecule has 0 unspecified atom stereocenters. The van der Waals surface area contributed by atoms with Gasteiger partial charge < -0.3 is 19.9 Å². The maximum atomic E-state index is 11.6. The fraction of sp³-hybridized carbons (Fsp3) is 0.833. The minimum absolute atomic E-state index is 0.0497. The monoisotopic (exact) mass is 261 g/mol. The number of rotatable bonds is 6. The summed E-state index contributed by atoms with van der Waals surface area (Å²) in [4.78, 5) is 23.1. The Morgan fingerprint density at radius 3 is 2.39 bits per heavy atom. The zero-order valence-electron chi connectivity index (χ0n) is 11.5. The summed E-state index contributed by atoms with van der Waals surface area (Å²) in [5.74, 6) is -0.517. The molecule has 0 aromatic carbocycles. The Morgan fingerprint density at radius 1 is 1.33 bits per heavy atom. The van der Waals surface area contributed by atoms with Crippen LogP contribution in [0, 0.1) is 0 Å². The first-order valence-electron chi connectivity index (χ1n) is 6.07. The highest BCUT2D eigenvalue weighted by Gasteiger charge is 2.24. The van der Waals surface area contributed by atoms with Crippen LogP contribution >= 0.6 is 0 Å². The van der Waals surface area contributed by atoms with E-state index < -0.39 is 23.7 Å². The molecular weight excluding hydrogens is 238 g/mol. The number of esters is 1. The van der Waals surface area contributed by atoms with Crippen LogP contribution in [0.4, 0.5) is 4.79 Å². The molecule has 6 nitrogen and oxygen atoms in total. The molecule has 0 rings (SSSR count). The van der Waals surface area contributed by atoms with E-state index in [1.807, 2.05) is 0 Å². The zero-order chi connectivity index (χ0) is 14.2. The van der Waals surface area contributed by atoms with Crippen molar-refractivity contribution in [1.29, 1.82) is 0 Å². The van der Waals surface area contributed by atoms with E-state index in [-0.39, 0.29) is 13.2 Å². The van der Waals surface area contributed by atoms with E-state index in [1.54, 1.807) is 27.7 Å². The quantitative estimate of drug-likeness (QED) is 0.702. The lowest BCUT2D eigenvalue weighted by Gasteiger charge is -2.22. The third-order valence-corrected chi connectivity index (χ3v) is 1.91. The van der Waals surface area contributed by atoms with Crippen LogP contribution in [-0.2, 0) is 14.3 Å². The maximum Gasteiger partial charge on any atom is 0.408 e. The molecule has 0 saturated carbocycles. The summed E-state index contributed by atoms with van der Waals surface area (Å²) < 4.78 is 9.90. The van der Waals surface area contributed by atoms with E-state index in [2.05, 4.69) is 5.32 Å². The van der Waals surface area contributed by atoms with Crippen LogP contribution in [0.25, 0.3) is 0 Å². The molecule has 6 heteroatoms. The second-order valence-electron chi connectivity index (χ2n) is 4.82. The van der Waals surface area contributed by atoms with Gasteiger partial charge in [0.25, 0.3) is 0 Å². The molecule has 0 aliphatic heterocycles. The highest BCUT2D eigenvalue weighted by Crippen LogP contribution is 2.08. The first-order chi connectivity index (χ1) is 8.30. The van der Waals surface area contributed by atoms with Crippen LogP contribution in [0.5, 0.6) is 0 Å². The van der Waals surface area contributed by atoms with Crippen molar-refractivity contribution >= 4 is 12.1 Å². The van der Waals surface area contributed by atoms with Crippen molar-refractivity contribution in [3.05, 3.63) is 0 Å². The molecule has 0 aromatic rings. The lowest BCUT2D eigenvalue weighted by molar-refractivity contribution is -0.145. The first kappa shape index (κ1) is 16.7. The summed E-state index contributed by atoms with van der Waals surface area (Å²) in [6, 6.07) is -0.785. The van der Waals surface area contributed by atoms with Gasteiger partial charge in [-0.05, 0) is 40.5 Å². The maximum absolute atomic E-state index is 11.6. The van der Waals surface area contributed by atoms with Gasteiger partial charge in [-0.2, -0.15) is 0 Å². The van der Waals surface area contributed by atoms with Gasteiger partial charge in [0.1, 0.15) is 11.6 Å². The number of amides is 1. The molecule has 2 N–H and O–H groups in total. The van der Waals surface area contributed by atoms with E-state index >= 15 is 0 Å². The number of aliphatic hydroxyl groups is 1. The first-order valence-corrected chi connectivity index (χ1v) is 6.07. The number of carbonyl (C=O) groups excluding carboxylic acids is 2. The fourth-order valence-corrected chi connectivity index (χ4v) is 1.24. The van der Waals surface area contributed by atoms with Gasteiger partial charge in [-0.1, -0.05) is 0 Å². The second kappa shape index (κ2) is 7.92. The molecule has 0 heterocycles. The minimum Gasteiger partial charge on any atom is -0.464 e. The summed E-state index contributed by atoms with van der Waals surface area (Å²) >= 11 is 0. The number of nitrogens with one attached hydrogen (secondary N) is 1. The predicted octanol–water partition coefficient (Wildman–Crippen LogP) is 1.22. The van der Waals surface area contributed by atoms with Gasteiger partial charge >= 0.3 is 12.1 Å². The fourth-order valence-electron chi connectivity index (χ4n) is 1.24. The highest BCUT2D eigenvalue weighted by molar-refractivity contribution is 5.81. The third kappa shape index (κ3) is 7.89. The average Bonchev–Trinajstić information content (AvgIpc) is 2.21. The smallest absolute Gasteiger partial charge is 0.408 e. The standard InChI is InChI=1S/C12H23NO5/c1-5-17-10(15)9(7-6-8-14)13-11(16)18-12(2,3)4/h9,14H,5-8H2,1-4H3,(H,13,16)/t9-/m0/s1. The van der Waals surface area contributed by atoms with E-state index in [4.69, 9.17) is 14.6 Å². The van der Waals surface area contributed by atoms with E-state index in [9.17, 15) is 9.59 Å². The van der Waals surface area contributed by atoms with E-state index in [1.165, 1.54) is 0 Å². The molecule has 0 aliphatic rings. The topological polar surface area (TPSA) is 84.9 Å². The highest BCUT2D eigenvalue weighted by atomic mass is 16.6.